The summed E-state index contributed by atoms with van der Waals surface area (Å²) < 4.78 is 0. The van der Waals surface area contributed by atoms with Gasteiger partial charge in [0.15, 0.2) is 0 Å². The largest absolute Gasteiger partial charge is 0.271 e. The standard InChI is InChI=1S/C15H22N2O/c1-3-4-5-6-7-11-16-17-15(18)14-10-8-9-13(2)12-14/h8-12H,3-7H2,1-2H3,(H,17,18). The molecule has 0 aliphatic rings. The fourth-order valence-electron chi connectivity index (χ4n) is 1.68. The average molecular weight is 246 g/mol. The van der Waals surface area contributed by atoms with E-state index in [-0.39, 0.29) is 5.91 Å². The predicted octanol–water partition coefficient (Wildman–Crippen LogP) is 3.68. The highest BCUT2D eigenvalue weighted by molar-refractivity contribution is 5.94. The van der Waals surface area contributed by atoms with E-state index >= 15 is 0 Å². The first-order valence-corrected chi connectivity index (χ1v) is 6.62. The number of benzene rings is 1. The Kier molecular flexibility index (Phi) is 6.77. The number of hydrogen-bond donors (Lipinski definition) is 1. The van der Waals surface area contributed by atoms with Crippen LogP contribution in [0.25, 0.3) is 0 Å². The summed E-state index contributed by atoms with van der Waals surface area (Å²) in [7, 11) is 0. The Morgan fingerprint density at radius 3 is 2.89 bits per heavy atom. The Bertz CT molecular complexity index is 399. The highest BCUT2D eigenvalue weighted by Gasteiger charge is 2.02. The van der Waals surface area contributed by atoms with Crippen LogP contribution in [0, 0.1) is 6.92 Å². The number of aryl methyl sites for hydroxylation is 1. The number of amides is 1. The number of carbonyl (C=O) groups excluding carboxylic acids is 1. The molecule has 0 aliphatic carbocycles. The van der Waals surface area contributed by atoms with E-state index in [0.717, 1.165) is 18.4 Å². The summed E-state index contributed by atoms with van der Waals surface area (Å²) >= 11 is 0. The minimum absolute atomic E-state index is 0.150. The van der Waals surface area contributed by atoms with Crippen molar-refractivity contribution in [3.05, 3.63) is 35.4 Å². The monoisotopic (exact) mass is 246 g/mol. The van der Waals surface area contributed by atoms with Crippen molar-refractivity contribution in [1.29, 1.82) is 0 Å². The van der Waals surface area contributed by atoms with E-state index in [0.29, 0.717) is 5.56 Å². The molecule has 98 valence electrons. The molecule has 0 spiro atoms. The van der Waals surface area contributed by atoms with Crippen LogP contribution in [0.2, 0.25) is 0 Å². The van der Waals surface area contributed by atoms with Gasteiger partial charge in [-0.3, -0.25) is 4.79 Å². The van der Waals surface area contributed by atoms with E-state index in [2.05, 4.69) is 17.5 Å². The maximum Gasteiger partial charge on any atom is 0.271 e. The van der Waals surface area contributed by atoms with Crippen LogP contribution in [0.3, 0.4) is 0 Å². The number of unbranched alkanes of at least 4 members (excludes halogenated alkanes) is 4. The van der Waals surface area contributed by atoms with Crippen LogP contribution >= 0.6 is 0 Å². The molecule has 0 radical (unpaired) electrons. The second-order valence-corrected chi connectivity index (χ2v) is 4.47. The number of nitrogens with zero attached hydrogens (tertiary/aromatic N) is 1. The molecule has 3 nitrogen and oxygen atoms in total. The molecule has 0 aliphatic heterocycles. The van der Waals surface area contributed by atoms with E-state index in [1.165, 1.54) is 19.3 Å². The highest BCUT2D eigenvalue weighted by Crippen LogP contribution is 2.03. The Morgan fingerprint density at radius 2 is 2.17 bits per heavy atom. The van der Waals surface area contributed by atoms with Gasteiger partial charge in [-0.25, -0.2) is 5.43 Å². The molecule has 0 saturated heterocycles. The van der Waals surface area contributed by atoms with E-state index in [1.54, 1.807) is 12.3 Å². The first-order chi connectivity index (χ1) is 8.74. The molecule has 1 aromatic carbocycles. The van der Waals surface area contributed by atoms with Gasteiger partial charge in [-0.15, -0.1) is 0 Å². The summed E-state index contributed by atoms with van der Waals surface area (Å²) in [5, 5.41) is 3.95. The summed E-state index contributed by atoms with van der Waals surface area (Å²) in [6.07, 6.45) is 7.58. The third-order valence-electron chi connectivity index (χ3n) is 2.72. The maximum atomic E-state index is 11.7. The second-order valence-electron chi connectivity index (χ2n) is 4.47. The molecule has 0 unspecified atom stereocenters. The molecule has 0 aromatic heterocycles. The summed E-state index contributed by atoms with van der Waals surface area (Å²) in [6.45, 7) is 4.16. The fraction of sp³-hybridized carbons (Fsp3) is 0.467. The molecule has 0 heterocycles. The Morgan fingerprint density at radius 1 is 1.33 bits per heavy atom. The van der Waals surface area contributed by atoms with Crippen LogP contribution in [0.1, 0.15) is 54.9 Å². The number of hydrazone groups is 1. The van der Waals surface area contributed by atoms with Gasteiger partial charge in [-0.1, -0.05) is 43.9 Å². The van der Waals surface area contributed by atoms with Gasteiger partial charge in [0, 0.05) is 11.8 Å². The van der Waals surface area contributed by atoms with Crippen LogP contribution in [0.4, 0.5) is 0 Å². The average Bonchev–Trinajstić information content (AvgIpc) is 2.37. The number of rotatable bonds is 7. The van der Waals surface area contributed by atoms with Crippen molar-refractivity contribution in [2.24, 2.45) is 5.10 Å². The molecule has 18 heavy (non-hydrogen) atoms. The van der Waals surface area contributed by atoms with Gasteiger partial charge in [-0.2, -0.15) is 5.10 Å². The molecule has 1 N–H and O–H groups in total. The molecule has 0 bridgehead atoms. The first kappa shape index (κ1) is 14.4. The first-order valence-electron chi connectivity index (χ1n) is 6.62. The molecule has 1 aromatic rings. The maximum absolute atomic E-state index is 11.7. The van der Waals surface area contributed by atoms with Crippen molar-refractivity contribution in [3.63, 3.8) is 0 Å². The Hall–Kier alpha value is -1.64. The SMILES string of the molecule is CCCCCCC=NNC(=O)c1cccc(C)c1. The van der Waals surface area contributed by atoms with E-state index < -0.39 is 0 Å². The Labute approximate surface area is 109 Å². The highest BCUT2D eigenvalue weighted by atomic mass is 16.2. The van der Waals surface area contributed by atoms with Gasteiger partial charge in [0.05, 0.1) is 0 Å². The topological polar surface area (TPSA) is 41.5 Å². The van der Waals surface area contributed by atoms with Crippen LogP contribution in [0.15, 0.2) is 29.4 Å². The van der Waals surface area contributed by atoms with Crippen LogP contribution in [0.5, 0.6) is 0 Å². The van der Waals surface area contributed by atoms with Crippen molar-refractivity contribution >= 4 is 12.1 Å². The fourth-order valence-corrected chi connectivity index (χ4v) is 1.68. The smallest absolute Gasteiger partial charge is 0.267 e. The second kappa shape index (κ2) is 8.45. The molecule has 0 atom stereocenters. The number of nitrogens with one attached hydrogen (secondary N) is 1. The van der Waals surface area contributed by atoms with Crippen molar-refractivity contribution in [2.45, 2.75) is 46.0 Å². The lowest BCUT2D eigenvalue weighted by atomic mass is 10.1. The quantitative estimate of drug-likeness (QED) is 0.445. The minimum Gasteiger partial charge on any atom is -0.267 e. The third-order valence-corrected chi connectivity index (χ3v) is 2.72. The molecule has 1 rings (SSSR count). The van der Waals surface area contributed by atoms with Gasteiger partial charge in [-0.05, 0) is 31.9 Å². The molecular weight excluding hydrogens is 224 g/mol. The molecule has 0 fully saturated rings. The molecule has 1 amide bonds. The zero-order valence-corrected chi connectivity index (χ0v) is 11.3. The summed E-state index contributed by atoms with van der Waals surface area (Å²) in [5.74, 6) is -0.150. The van der Waals surface area contributed by atoms with Crippen LogP contribution in [-0.2, 0) is 0 Å². The molecule has 0 saturated carbocycles. The zero-order valence-electron chi connectivity index (χ0n) is 11.3. The Balaban J connectivity index is 2.26. The lowest BCUT2D eigenvalue weighted by Gasteiger charge is -2.00. The van der Waals surface area contributed by atoms with Gasteiger partial charge >= 0.3 is 0 Å². The lowest BCUT2D eigenvalue weighted by Crippen LogP contribution is -2.17. The molecule has 3 heteroatoms. The van der Waals surface area contributed by atoms with Gasteiger partial charge < -0.3 is 0 Å². The van der Waals surface area contributed by atoms with Crippen molar-refractivity contribution < 1.29 is 4.79 Å². The number of hydrogen-bond acceptors (Lipinski definition) is 2. The van der Waals surface area contributed by atoms with E-state index in [9.17, 15) is 4.79 Å². The van der Waals surface area contributed by atoms with Gasteiger partial charge in [0.25, 0.3) is 5.91 Å². The van der Waals surface area contributed by atoms with Crippen LogP contribution < -0.4 is 5.43 Å². The molecular formula is C15H22N2O. The summed E-state index contributed by atoms with van der Waals surface area (Å²) in [5.41, 5.74) is 4.27. The minimum atomic E-state index is -0.150. The van der Waals surface area contributed by atoms with Gasteiger partial charge in [0.2, 0.25) is 0 Å². The predicted molar refractivity (Wildman–Crippen MR) is 75.9 cm³/mol. The summed E-state index contributed by atoms with van der Waals surface area (Å²) in [4.78, 5) is 11.7. The van der Waals surface area contributed by atoms with Gasteiger partial charge in [0.1, 0.15) is 0 Å². The summed E-state index contributed by atoms with van der Waals surface area (Å²) in [6, 6.07) is 7.48. The van der Waals surface area contributed by atoms with Crippen molar-refractivity contribution in [1.82, 2.24) is 5.43 Å². The number of carbonyl (C=O) groups is 1. The van der Waals surface area contributed by atoms with Crippen molar-refractivity contribution in [2.75, 3.05) is 0 Å². The van der Waals surface area contributed by atoms with E-state index in [1.807, 2.05) is 25.1 Å². The zero-order chi connectivity index (χ0) is 13.2. The normalized spacial score (nSPS) is 10.8. The van der Waals surface area contributed by atoms with Crippen molar-refractivity contribution in [3.8, 4) is 0 Å². The van der Waals surface area contributed by atoms with Crippen LogP contribution in [-0.4, -0.2) is 12.1 Å². The van der Waals surface area contributed by atoms with E-state index in [4.69, 9.17) is 0 Å². The third kappa shape index (κ3) is 5.62. The lowest BCUT2D eigenvalue weighted by molar-refractivity contribution is 0.0955.